The summed E-state index contributed by atoms with van der Waals surface area (Å²) in [4.78, 5) is 29.6. The third-order valence-corrected chi connectivity index (χ3v) is 10.9. The minimum Gasteiger partial charge on any atom is -0.309 e. The van der Waals surface area contributed by atoms with Gasteiger partial charge in [0.25, 0.3) is 0 Å². The summed E-state index contributed by atoms with van der Waals surface area (Å²) < 4.78 is 0. The van der Waals surface area contributed by atoms with Crippen LogP contribution in [0.1, 0.15) is 51.3 Å². The van der Waals surface area contributed by atoms with Crippen LogP contribution < -0.4 is 4.90 Å². The number of benzene rings is 8. The van der Waals surface area contributed by atoms with Gasteiger partial charge in [0.1, 0.15) is 0 Å². The van der Waals surface area contributed by atoms with E-state index in [0.29, 0.717) is 11.1 Å². The van der Waals surface area contributed by atoms with Crippen molar-refractivity contribution in [3.05, 3.63) is 179 Å². The Morgan fingerprint density at radius 3 is 1.82 bits per heavy atom. The number of carbonyl (C=O) groups excluding carboxylic acids is 2. The predicted octanol–water partition coefficient (Wildman–Crippen LogP) is 11.9. The lowest BCUT2D eigenvalue weighted by Crippen LogP contribution is -2.31. The molecular weight excluding hydrogens is 611 g/mol. The van der Waals surface area contributed by atoms with E-state index in [1.807, 2.05) is 42.5 Å². The molecule has 1 aliphatic heterocycles. The Labute approximate surface area is 289 Å². The molecule has 0 atom stereocenters. The van der Waals surface area contributed by atoms with Crippen molar-refractivity contribution in [2.45, 2.75) is 19.3 Å². The normalized spacial score (nSPS) is 14.8. The van der Waals surface area contributed by atoms with Gasteiger partial charge >= 0.3 is 0 Å². The van der Waals surface area contributed by atoms with Gasteiger partial charge in [-0.05, 0) is 96.9 Å². The molecule has 8 aromatic carbocycles. The van der Waals surface area contributed by atoms with Crippen LogP contribution >= 0.6 is 0 Å². The summed E-state index contributed by atoms with van der Waals surface area (Å²) in [5.41, 5.74) is 7.70. The van der Waals surface area contributed by atoms with Crippen LogP contribution in [0.5, 0.6) is 0 Å². The van der Waals surface area contributed by atoms with E-state index in [9.17, 15) is 9.59 Å². The number of nitrogens with zero attached hydrogens (tertiary/aromatic N) is 1. The van der Waals surface area contributed by atoms with Gasteiger partial charge in [-0.2, -0.15) is 0 Å². The smallest absolute Gasteiger partial charge is 0.197 e. The Morgan fingerprint density at radius 2 is 1.08 bits per heavy atom. The van der Waals surface area contributed by atoms with E-state index < -0.39 is 0 Å². The molecule has 0 fully saturated rings. The summed E-state index contributed by atoms with van der Waals surface area (Å²) in [7, 11) is 0. The van der Waals surface area contributed by atoms with Crippen LogP contribution in [0.3, 0.4) is 0 Å². The lowest BCUT2D eigenvalue weighted by Gasteiger charge is -2.43. The fourth-order valence-corrected chi connectivity index (χ4v) is 8.52. The number of ketones is 2. The summed E-state index contributed by atoms with van der Waals surface area (Å²) in [5.74, 6) is -0.422. The second-order valence-corrected chi connectivity index (χ2v) is 14.0. The van der Waals surface area contributed by atoms with E-state index in [-0.39, 0.29) is 22.6 Å². The Bertz CT molecular complexity index is 2780. The standard InChI is InChI=1S/C47H31NO2/c1-47(2)40-17-9-10-18-41(40)48(43-27-31-13-5-6-14-33(31)35-15-7-8-16-36(35)43)42-22-20-32-23-28(19-21-34(32)44(42)47)24-39-45(49)37-25-29-11-3-4-12-30(29)26-38(37)46(39)50/h3-27H,1-2H3. The molecular formula is C47H31NO2. The van der Waals surface area contributed by atoms with Gasteiger partial charge in [-0.3, -0.25) is 9.59 Å². The van der Waals surface area contributed by atoms with Crippen LogP contribution in [0.15, 0.2) is 151 Å². The van der Waals surface area contributed by atoms with Gasteiger partial charge in [-0.25, -0.2) is 0 Å². The van der Waals surface area contributed by atoms with Gasteiger partial charge in [-0.1, -0.05) is 123 Å². The molecule has 50 heavy (non-hydrogen) atoms. The number of hydrogen-bond donors (Lipinski definition) is 0. The number of anilines is 3. The Morgan fingerprint density at radius 1 is 0.480 bits per heavy atom. The molecule has 0 spiro atoms. The van der Waals surface area contributed by atoms with Crippen LogP contribution in [-0.2, 0) is 5.41 Å². The summed E-state index contributed by atoms with van der Waals surface area (Å²) in [6, 6.07) is 50.7. The van der Waals surface area contributed by atoms with Crippen molar-refractivity contribution in [3.8, 4) is 0 Å². The van der Waals surface area contributed by atoms with E-state index >= 15 is 0 Å². The van der Waals surface area contributed by atoms with Crippen molar-refractivity contribution in [2.75, 3.05) is 4.90 Å². The molecule has 0 bridgehead atoms. The lowest BCUT2D eigenvalue weighted by atomic mass is 9.71. The van der Waals surface area contributed by atoms with Gasteiger partial charge < -0.3 is 4.90 Å². The maximum Gasteiger partial charge on any atom is 0.197 e. The van der Waals surface area contributed by atoms with Crippen LogP contribution in [-0.4, -0.2) is 11.6 Å². The number of allylic oxidation sites excluding steroid dienone is 1. The van der Waals surface area contributed by atoms with Crippen molar-refractivity contribution in [2.24, 2.45) is 0 Å². The highest BCUT2D eigenvalue weighted by molar-refractivity contribution is 6.42. The first-order chi connectivity index (χ1) is 24.4. The summed E-state index contributed by atoms with van der Waals surface area (Å²) >= 11 is 0. The summed E-state index contributed by atoms with van der Waals surface area (Å²) in [6.07, 6.45) is 1.77. The highest BCUT2D eigenvalue weighted by Gasteiger charge is 2.39. The van der Waals surface area contributed by atoms with E-state index in [4.69, 9.17) is 0 Å². The second-order valence-electron chi connectivity index (χ2n) is 14.0. The summed E-state index contributed by atoms with van der Waals surface area (Å²) in [6.45, 7) is 4.62. The SMILES string of the molecule is CC1(C)c2ccccc2N(c2cc3ccccc3c3ccccc23)c2ccc3cc(C=C4C(=O)c5cc6ccccc6cc5C4=O)ccc3c21. The van der Waals surface area contributed by atoms with Crippen LogP contribution in [0.25, 0.3) is 49.2 Å². The van der Waals surface area contributed by atoms with Crippen molar-refractivity contribution in [1.29, 1.82) is 0 Å². The fourth-order valence-electron chi connectivity index (χ4n) is 8.52. The first-order valence-electron chi connectivity index (χ1n) is 17.1. The highest BCUT2D eigenvalue weighted by atomic mass is 16.2. The average Bonchev–Trinajstić information content (AvgIpc) is 3.37. The number of hydrogen-bond acceptors (Lipinski definition) is 3. The maximum absolute atomic E-state index is 13.6. The molecule has 0 N–H and O–H groups in total. The third-order valence-electron chi connectivity index (χ3n) is 10.9. The number of carbonyl (C=O) groups is 2. The first-order valence-corrected chi connectivity index (χ1v) is 17.1. The molecule has 0 aromatic heterocycles. The fraction of sp³-hybridized carbons (Fsp3) is 0.0638. The molecule has 0 saturated heterocycles. The molecule has 236 valence electrons. The highest BCUT2D eigenvalue weighted by Crippen LogP contribution is 2.55. The Hall–Kier alpha value is -6.32. The van der Waals surface area contributed by atoms with E-state index in [1.54, 1.807) is 6.08 Å². The molecule has 0 amide bonds. The maximum atomic E-state index is 13.6. The molecule has 0 radical (unpaired) electrons. The van der Waals surface area contributed by atoms with Crippen LogP contribution in [0, 0.1) is 0 Å². The van der Waals surface area contributed by atoms with Crippen molar-refractivity contribution < 1.29 is 9.59 Å². The third kappa shape index (κ3) is 3.98. The van der Waals surface area contributed by atoms with E-state index in [1.165, 1.54) is 38.4 Å². The number of rotatable bonds is 2. The van der Waals surface area contributed by atoms with Crippen LogP contribution in [0.2, 0.25) is 0 Å². The Kier molecular flexibility index (Phi) is 5.93. The number of Topliss-reactive ketones (excluding diaryl/α,β-unsaturated/α-hetero) is 2. The topological polar surface area (TPSA) is 37.4 Å². The quantitative estimate of drug-likeness (QED) is 0.107. The van der Waals surface area contributed by atoms with Crippen molar-refractivity contribution in [3.63, 3.8) is 0 Å². The monoisotopic (exact) mass is 641 g/mol. The molecule has 3 nitrogen and oxygen atoms in total. The zero-order valence-electron chi connectivity index (χ0n) is 27.7. The van der Waals surface area contributed by atoms with Gasteiger partial charge in [0.05, 0.1) is 22.6 Å². The van der Waals surface area contributed by atoms with Gasteiger partial charge in [0, 0.05) is 21.9 Å². The van der Waals surface area contributed by atoms with Gasteiger partial charge in [-0.15, -0.1) is 0 Å². The summed E-state index contributed by atoms with van der Waals surface area (Å²) in [5, 5.41) is 9.01. The zero-order valence-corrected chi connectivity index (χ0v) is 27.7. The van der Waals surface area contributed by atoms with Gasteiger partial charge in [0.2, 0.25) is 0 Å². The molecule has 1 heterocycles. The molecule has 3 heteroatoms. The average molecular weight is 642 g/mol. The predicted molar refractivity (Wildman–Crippen MR) is 206 cm³/mol. The molecule has 0 unspecified atom stereocenters. The molecule has 8 aromatic rings. The van der Waals surface area contributed by atoms with E-state index in [2.05, 4.69) is 122 Å². The van der Waals surface area contributed by atoms with Gasteiger partial charge in [0.15, 0.2) is 11.6 Å². The number of fused-ring (bicyclic) bond motifs is 9. The molecule has 2 aliphatic rings. The van der Waals surface area contributed by atoms with Crippen molar-refractivity contribution in [1.82, 2.24) is 0 Å². The lowest BCUT2D eigenvalue weighted by molar-refractivity contribution is 0.0990. The largest absolute Gasteiger partial charge is 0.309 e. The minimum atomic E-state index is -0.296. The number of para-hydroxylation sites is 1. The van der Waals surface area contributed by atoms with E-state index in [0.717, 1.165) is 38.5 Å². The van der Waals surface area contributed by atoms with Crippen LogP contribution in [0.4, 0.5) is 17.1 Å². The molecule has 10 rings (SSSR count). The minimum absolute atomic E-state index is 0.211. The first kappa shape index (κ1) is 28.7. The molecule has 0 saturated carbocycles. The van der Waals surface area contributed by atoms with Crippen molar-refractivity contribution >= 4 is 77.8 Å². The second kappa shape index (κ2) is 10.3. The zero-order chi connectivity index (χ0) is 33.7. The Balaban J connectivity index is 1.16. The molecule has 1 aliphatic carbocycles.